The third-order valence-corrected chi connectivity index (χ3v) is 10.9. The van der Waals surface area contributed by atoms with Crippen molar-refractivity contribution in [3.05, 3.63) is 100 Å². The van der Waals surface area contributed by atoms with E-state index in [4.69, 9.17) is 16.3 Å². The number of allylic oxidation sites excluding steroid dienone is 2. The first-order valence-corrected chi connectivity index (χ1v) is 16.3. The van der Waals surface area contributed by atoms with Crippen LogP contribution >= 0.6 is 11.6 Å². The zero-order chi connectivity index (χ0) is 33.2. The summed E-state index contributed by atoms with van der Waals surface area (Å²) in [7, 11) is 0. The Bertz CT molecular complexity index is 1830. The second-order valence-electron chi connectivity index (χ2n) is 12.9. The van der Waals surface area contributed by atoms with Gasteiger partial charge in [-0.25, -0.2) is 9.29 Å². The van der Waals surface area contributed by atoms with Crippen molar-refractivity contribution in [2.45, 2.75) is 39.0 Å². The Morgan fingerprint density at radius 1 is 0.915 bits per heavy atom. The maximum absolute atomic E-state index is 14.5. The number of anilines is 2. The maximum atomic E-state index is 14.5. The molecule has 3 fully saturated rings. The molecule has 8 nitrogen and oxygen atoms in total. The van der Waals surface area contributed by atoms with Crippen LogP contribution in [0.1, 0.15) is 43.7 Å². The van der Waals surface area contributed by atoms with Crippen molar-refractivity contribution >= 4 is 46.6 Å². The molecule has 1 saturated carbocycles. The maximum Gasteiger partial charge on any atom is 0.241 e. The van der Waals surface area contributed by atoms with Crippen LogP contribution in [0.3, 0.4) is 0 Å². The number of benzene rings is 3. The third-order valence-electron chi connectivity index (χ3n) is 10.6. The molecule has 2 heterocycles. The minimum Gasteiger partial charge on any atom is -0.491 e. The number of aryl methyl sites for hydroxylation is 1. The second-order valence-corrected chi connectivity index (χ2v) is 13.3. The largest absolute Gasteiger partial charge is 0.491 e. The van der Waals surface area contributed by atoms with E-state index >= 15 is 0 Å². The molecule has 1 N–H and O–H groups in total. The molecule has 0 aromatic heterocycles. The molecule has 0 spiro atoms. The van der Waals surface area contributed by atoms with Gasteiger partial charge in [-0.15, -0.1) is 0 Å². The molecule has 0 bridgehead atoms. The van der Waals surface area contributed by atoms with E-state index in [2.05, 4.69) is 0 Å². The van der Waals surface area contributed by atoms with E-state index in [0.717, 1.165) is 34.1 Å². The van der Waals surface area contributed by atoms with Crippen LogP contribution in [0.2, 0.25) is 5.02 Å². The fourth-order valence-corrected chi connectivity index (χ4v) is 8.50. The van der Waals surface area contributed by atoms with Gasteiger partial charge in [0.1, 0.15) is 18.2 Å². The minimum absolute atomic E-state index is 0.120. The lowest BCUT2D eigenvalue weighted by atomic mass is 9.51. The van der Waals surface area contributed by atoms with E-state index in [1.165, 1.54) is 17.0 Å². The standard InChI is InChI=1S/C37H34ClFN2O6/c1-3-20-4-8-22(9-5-20)40-33(43)26-14-13-25-27(31(26)35(40)45)19-28-34(44)41(23-10-15-30(39)29(38)18-23)36(46)37(28,2)32(25)21-6-11-24(12-7-21)47-17-16-42/h4-13,15,18,26-28,31-32,42H,3,14,16-17,19H2,1-2H3/t26-,27+,28-,31-,32-,37+/m0/s1. The molecular weight excluding hydrogens is 623 g/mol. The number of amides is 4. The molecule has 0 unspecified atom stereocenters. The number of aliphatic hydroxyl groups is 1. The number of fused-ring (bicyclic) bond motifs is 4. The van der Waals surface area contributed by atoms with Crippen LogP contribution in [0.5, 0.6) is 5.75 Å². The molecule has 3 aromatic carbocycles. The molecule has 47 heavy (non-hydrogen) atoms. The molecule has 0 radical (unpaired) electrons. The molecule has 242 valence electrons. The normalized spacial score (nSPS) is 28.3. The number of imide groups is 2. The Balaban J connectivity index is 1.33. The van der Waals surface area contributed by atoms with Crippen LogP contribution in [0.4, 0.5) is 15.8 Å². The molecular formula is C37H34ClFN2O6. The van der Waals surface area contributed by atoms with Crippen LogP contribution in [0.15, 0.2) is 78.4 Å². The average molecular weight is 657 g/mol. The molecule has 4 amide bonds. The summed E-state index contributed by atoms with van der Waals surface area (Å²) < 4.78 is 19.7. The zero-order valence-electron chi connectivity index (χ0n) is 26.0. The fourth-order valence-electron chi connectivity index (χ4n) is 8.32. The molecule has 7 rings (SSSR count). The van der Waals surface area contributed by atoms with E-state index in [9.17, 15) is 28.7 Å². The van der Waals surface area contributed by atoms with Crippen molar-refractivity contribution in [2.24, 2.45) is 29.1 Å². The van der Waals surface area contributed by atoms with Gasteiger partial charge in [0.15, 0.2) is 0 Å². The van der Waals surface area contributed by atoms with Crippen molar-refractivity contribution in [3.63, 3.8) is 0 Å². The molecule has 6 atom stereocenters. The zero-order valence-corrected chi connectivity index (χ0v) is 26.7. The summed E-state index contributed by atoms with van der Waals surface area (Å²) in [6, 6.07) is 18.4. The predicted molar refractivity (Wildman–Crippen MR) is 173 cm³/mol. The van der Waals surface area contributed by atoms with Gasteiger partial charge in [0.05, 0.1) is 46.2 Å². The molecule has 2 saturated heterocycles. The predicted octanol–water partition coefficient (Wildman–Crippen LogP) is 5.85. The number of hydrogen-bond donors (Lipinski definition) is 1. The Morgan fingerprint density at radius 2 is 1.62 bits per heavy atom. The van der Waals surface area contributed by atoms with Crippen LogP contribution in [0, 0.1) is 34.9 Å². The molecule has 10 heteroatoms. The number of hydrogen-bond acceptors (Lipinski definition) is 6. The molecule has 4 aliphatic rings. The van der Waals surface area contributed by atoms with Gasteiger partial charge in [-0.05, 0) is 85.7 Å². The summed E-state index contributed by atoms with van der Waals surface area (Å²) in [5, 5.41) is 8.99. The quantitative estimate of drug-likeness (QED) is 0.253. The van der Waals surface area contributed by atoms with Gasteiger partial charge in [0, 0.05) is 5.92 Å². The van der Waals surface area contributed by atoms with Gasteiger partial charge in [-0.2, -0.15) is 0 Å². The highest BCUT2D eigenvalue weighted by Gasteiger charge is 2.67. The summed E-state index contributed by atoms with van der Waals surface area (Å²) >= 11 is 6.09. The lowest BCUT2D eigenvalue weighted by Gasteiger charge is -2.49. The van der Waals surface area contributed by atoms with Crippen LogP contribution in [0.25, 0.3) is 0 Å². The second kappa shape index (κ2) is 11.7. The number of aliphatic hydroxyl groups excluding tert-OH is 1. The van der Waals surface area contributed by atoms with Crippen molar-refractivity contribution in [1.29, 1.82) is 0 Å². The van der Waals surface area contributed by atoms with Crippen LogP contribution in [-0.2, 0) is 25.6 Å². The van der Waals surface area contributed by atoms with Crippen LogP contribution in [-0.4, -0.2) is 41.9 Å². The number of ether oxygens (including phenoxy) is 1. The molecule has 3 aromatic rings. The van der Waals surface area contributed by atoms with E-state index in [1.807, 2.05) is 37.3 Å². The highest BCUT2D eigenvalue weighted by atomic mass is 35.5. The van der Waals surface area contributed by atoms with Crippen molar-refractivity contribution in [3.8, 4) is 5.75 Å². The first-order valence-electron chi connectivity index (χ1n) is 15.9. The molecule has 2 aliphatic carbocycles. The SMILES string of the molecule is CCc1ccc(N2C(=O)[C@H]3[C@H](CC=C4[C@H]3C[C@H]3C(=O)N(c5ccc(F)c(Cl)c5)C(=O)[C@@]3(C)[C@H]4c3ccc(OCCO)cc3)C2=O)cc1. The van der Waals surface area contributed by atoms with Crippen molar-refractivity contribution in [1.82, 2.24) is 0 Å². The van der Waals surface area contributed by atoms with E-state index < -0.39 is 52.6 Å². The third kappa shape index (κ3) is 4.73. The minimum atomic E-state index is -1.25. The Kier molecular flexibility index (Phi) is 7.80. The van der Waals surface area contributed by atoms with Gasteiger partial charge in [0.2, 0.25) is 23.6 Å². The number of rotatable bonds is 7. The lowest BCUT2D eigenvalue weighted by Crippen LogP contribution is -2.48. The average Bonchev–Trinajstić information content (AvgIpc) is 3.45. The van der Waals surface area contributed by atoms with Crippen molar-refractivity contribution in [2.75, 3.05) is 23.0 Å². The summed E-state index contributed by atoms with van der Waals surface area (Å²) in [5.41, 5.74) is 2.16. The number of halogens is 2. The first kappa shape index (κ1) is 31.3. The number of carbonyl (C=O) groups is 4. The summed E-state index contributed by atoms with van der Waals surface area (Å²) in [6.45, 7) is 3.80. The van der Waals surface area contributed by atoms with Gasteiger partial charge < -0.3 is 9.84 Å². The van der Waals surface area contributed by atoms with Gasteiger partial charge in [-0.1, -0.05) is 54.4 Å². The fraction of sp³-hybridized carbons (Fsp3) is 0.351. The van der Waals surface area contributed by atoms with Gasteiger partial charge in [0.25, 0.3) is 0 Å². The number of carbonyl (C=O) groups excluding carboxylic acids is 4. The van der Waals surface area contributed by atoms with Gasteiger partial charge in [-0.3, -0.25) is 24.1 Å². The highest BCUT2D eigenvalue weighted by Crippen LogP contribution is 2.63. The summed E-state index contributed by atoms with van der Waals surface area (Å²) in [4.78, 5) is 59.3. The monoisotopic (exact) mass is 656 g/mol. The number of nitrogens with zero attached hydrogens (tertiary/aromatic N) is 2. The Labute approximate surface area is 276 Å². The summed E-state index contributed by atoms with van der Waals surface area (Å²) in [5.74, 6) is -4.73. The summed E-state index contributed by atoms with van der Waals surface area (Å²) in [6.07, 6.45) is 3.36. The van der Waals surface area contributed by atoms with Crippen LogP contribution < -0.4 is 14.5 Å². The first-order chi connectivity index (χ1) is 22.6. The van der Waals surface area contributed by atoms with E-state index in [1.54, 1.807) is 31.2 Å². The topological polar surface area (TPSA) is 104 Å². The van der Waals surface area contributed by atoms with E-state index in [0.29, 0.717) is 17.9 Å². The van der Waals surface area contributed by atoms with E-state index in [-0.39, 0.29) is 42.2 Å². The lowest BCUT2D eigenvalue weighted by molar-refractivity contribution is -0.131. The van der Waals surface area contributed by atoms with Crippen molar-refractivity contribution < 1.29 is 33.4 Å². The smallest absolute Gasteiger partial charge is 0.241 e. The Hall–Kier alpha value is -4.34. The Morgan fingerprint density at radius 3 is 2.28 bits per heavy atom. The molecule has 2 aliphatic heterocycles. The van der Waals surface area contributed by atoms with Gasteiger partial charge >= 0.3 is 0 Å². The highest BCUT2D eigenvalue weighted by molar-refractivity contribution is 6.32.